The normalized spacial score (nSPS) is 11.1. The minimum absolute atomic E-state index is 0.160. The molecule has 96 valence electrons. The molecule has 2 aromatic heterocycles. The molecule has 4 nitrogen and oxygen atoms in total. The van der Waals surface area contributed by atoms with Crippen LogP contribution >= 0.6 is 0 Å². The maximum atomic E-state index is 5.69. The van der Waals surface area contributed by atoms with Crippen LogP contribution in [0.3, 0.4) is 0 Å². The zero-order valence-corrected chi connectivity index (χ0v) is 10.9. The van der Waals surface area contributed by atoms with Crippen LogP contribution in [0.1, 0.15) is 13.8 Å². The minimum Gasteiger partial charge on any atom is -0.491 e. The van der Waals surface area contributed by atoms with Crippen molar-refractivity contribution in [3.63, 3.8) is 0 Å². The lowest BCUT2D eigenvalue weighted by molar-refractivity contribution is 0.242. The van der Waals surface area contributed by atoms with Crippen LogP contribution < -0.4 is 4.74 Å². The van der Waals surface area contributed by atoms with Crippen molar-refractivity contribution in [2.24, 2.45) is 0 Å². The van der Waals surface area contributed by atoms with Gasteiger partial charge in [-0.05, 0) is 38.1 Å². The third kappa shape index (κ3) is 2.42. The minimum atomic E-state index is 0.160. The van der Waals surface area contributed by atoms with Crippen LogP contribution in [0.5, 0.6) is 5.75 Å². The van der Waals surface area contributed by atoms with Crippen molar-refractivity contribution in [3.05, 3.63) is 42.6 Å². The van der Waals surface area contributed by atoms with Crippen LogP contribution in [-0.2, 0) is 0 Å². The number of ether oxygens (including phenoxy) is 1. The number of benzene rings is 1. The van der Waals surface area contributed by atoms with Gasteiger partial charge >= 0.3 is 0 Å². The van der Waals surface area contributed by atoms with Crippen molar-refractivity contribution in [2.75, 3.05) is 0 Å². The third-order valence-corrected chi connectivity index (χ3v) is 2.74. The summed E-state index contributed by atoms with van der Waals surface area (Å²) in [6.07, 6.45) is 1.90. The van der Waals surface area contributed by atoms with E-state index in [2.05, 4.69) is 15.0 Å². The Morgan fingerprint density at radius 3 is 2.84 bits per heavy atom. The number of aromatic amines is 1. The third-order valence-electron chi connectivity index (χ3n) is 2.74. The monoisotopic (exact) mass is 253 g/mol. The van der Waals surface area contributed by atoms with Gasteiger partial charge in [-0.3, -0.25) is 0 Å². The van der Waals surface area contributed by atoms with E-state index in [0.29, 0.717) is 0 Å². The van der Waals surface area contributed by atoms with Crippen LogP contribution in [-0.4, -0.2) is 21.1 Å². The average Bonchev–Trinajstić information content (AvgIpc) is 2.82. The number of hydrogen-bond acceptors (Lipinski definition) is 3. The van der Waals surface area contributed by atoms with E-state index < -0.39 is 0 Å². The van der Waals surface area contributed by atoms with Crippen LogP contribution in [0.2, 0.25) is 0 Å². The van der Waals surface area contributed by atoms with E-state index in [1.807, 2.05) is 50.2 Å². The van der Waals surface area contributed by atoms with Crippen molar-refractivity contribution < 1.29 is 4.74 Å². The summed E-state index contributed by atoms with van der Waals surface area (Å²) in [7, 11) is 0. The number of aromatic nitrogens is 3. The first-order valence-corrected chi connectivity index (χ1v) is 6.30. The highest BCUT2D eigenvalue weighted by Crippen LogP contribution is 2.23. The van der Waals surface area contributed by atoms with E-state index in [9.17, 15) is 0 Å². The lowest BCUT2D eigenvalue weighted by Gasteiger charge is -2.09. The maximum Gasteiger partial charge on any atom is 0.178 e. The van der Waals surface area contributed by atoms with E-state index >= 15 is 0 Å². The van der Waals surface area contributed by atoms with Gasteiger partial charge in [-0.25, -0.2) is 9.97 Å². The molecule has 0 spiro atoms. The number of rotatable bonds is 3. The largest absolute Gasteiger partial charge is 0.491 e. The predicted molar refractivity (Wildman–Crippen MR) is 75.1 cm³/mol. The second kappa shape index (κ2) is 4.72. The summed E-state index contributed by atoms with van der Waals surface area (Å²) in [6, 6.07) is 11.8. The van der Waals surface area contributed by atoms with Gasteiger partial charge in [-0.2, -0.15) is 0 Å². The number of hydrogen-bond donors (Lipinski definition) is 1. The Hall–Kier alpha value is -2.36. The highest BCUT2D eigenvalue weighted by Gasteiger charge is 2.07. The Kier molecular flexibility index (Phi) is 2.91. The summed E-state index contributed by atoms with van der Waals surface area (Å²) < 4.78 is 5.69. The van der Waals surface area contributed by atoms with E-state index in [4.69, 9.17) is 4.74 Å². The van der Waals surface area contributed by atoms with Crippen molar-refractivity contribution >= 4 is 11.2 Å². The van der Waals surface area contributed by atoms with E-state index in [1.165, 1.54) is 0 Å². The van der Waals surface area contributed by atoms with Crippen LogP contribution in [0, 0.1) is 0 Å². The van der Waals surface area contributed by atoms with E-state index in [0.717, 1.165) is 28.3 Å². The van der Waals surface area contributed by atoms with Gasteiger partial charge in [0.25, 0.3) is 0 Å². The number of H-pyrrole nitrogens is 1. The summed E-state index contributed by atoms with van der Waals surface area (Å²) in [6.45, 7) is 4.02. The fourth-order valence-electron chi connectivity index (χ4n) is 1.97. The summed E-state index contributed by atoms with van der Waals surface area (Å²) >= 11 is 0. The topological polar surface area (TPSA) is 50.8 Å². The quantitative estimate of drug-likeness (QED) is 0.778. The molecule has 19 heavy (non-hydrogen) atoms. The maximum absolute atomic E-state index is 5.69. The number of imidazole rings is 1. The van der Waals surface area contributed by atoms with Crippen LogP contribution in [0.4, 0.5) is 0 Å². The molecule has 0 radical (unpaired) electrons. The Balaban J connectivity index is 2.01. The molecule has 0 fully saturated rings. The molecule has 0 aliphatic rings. The zero-order valence-electron chi connectivity index (χ0n) is 10.9. The molecule has 2 heterocycles. The molecule has 0 atom stereocenters. The molecule has 1 aromatic carbocycles. The molecule has 3 aromatic rings. The van der Waals surface area contributed by atoms with Crippen molar-refractivity contribution in [1.82, 2.24) is 15.0 Å². The van der Waals surface area contributed by atoms with Gasteiger partial charge in [0.05, 0.1) is 11.6 Å². The SMILES string of the molecule is CC(C)Oc1cccc(-c2nc3ncccc3[nH]2)c1. The van der Waals surface area contributed by atoms with Gasteiger partial charge in [0.15, 0.2) is 5.65 Å². The first-order valence-electron chi connectivity index (χ1n) is 6.30. The molecule has 0 saturated heterocycles. The van der Waals surface area contributed by atoms with Gasteiger partial charge in [-0.15, -0.1) is 0 Å². The summed E-state index contributed by atoms with van der Waals surface area (Å²) in [5.74, 6) is 1.66. The van der Waals surface area contributed by atoms with Crippen LogP contribution in [0.25, 0.3) is 22.6 Å². The van der Waals surface area contributed by atoms with Gasteiger partial charge in [0, 0.05) is 11.8 Å². The molecule has 0 aliphatic carbocycles. The number of pyridine rings is 1. The van der Waals surface area contributed by atoms with E-state index in [1.54, 1.807) is 6.20 Å². The predicted octanol–water partition coefficient (Wildman–Crippen LogP) is 3.41. The molecule has 0 aliphatic heterocycles. The Morgan fingerprint density at radius 2 is 2.05 bits per heavy atom. The van der Waals surface area contributed by atoms with Gasteiger partial charge < -0.3 is 9.72 Å². The van der Waals surface area contributed by atoms with Crippen molar-refractivity contribution in [3.8, 4) is 17.1 Å². The zero-order chi connectivity index (χ0) is 13.2. The molecular formula is C15H15N3O. The first-order chi connectivity index (χ1) is 9.22. The lowest BCUT2D eigenvalue weighted by atomic mass is 10.2. The number of nitrogens with one attached hydrogen (secondary N) is 1. The van der Waals surface area contributed by atoms with Gasteiger partial charge in [0.1, 0.15) is 11.6 Å². The summed E-state index contributed by atoms with van der Waals surface area (Å²) in [5, 5.41) is 0. The Labute approximate surface area is 111 Å². The lowest BCUT2D eigenvalue weighted by Crippen LogP contribution is -2.05. The second-order valence-electron chi connectivity index (χ2n) is 4.65. The molecular weight excluding hydrogens is 238 g/mol. The average molecular weight is 253 g/mol. The fourth-order valence-corrected chi connectivity index (χ4v) is 1.97. The molecule has 3 rings (SSSR count). The second-order valence-corrected chi connectivity index (χ2v) is 4.65. The highest BCUT2D eigenvalue weighted by atomic mass is 16.5. The molecule has 4 heteroatoms. The van der Waals surface area contributed by atoms with Crippen molar-refractivity contribution in [2.45, 2.75) is 20.0 Å². The summed E-state index contributed by atoms with van der Waals surface area (Å²) in [5.41, 5.74) is 2.66. The molecule has 0 unspecified atom stereocenters. The fraction of sp³-hybridized carbons (Fsp3) is 0.200. The molecule has 0 saturated carbocycles. The first kappa shape index (κ1) is 11.7. The van der Waals surface area contributed by atoms with Gasteiger partial charge in [-0.1, -0.05) is 12.1 Å². The standard InChI is InChI=1S/C15H15N3O/c1-10(2)19-12-6-3-5-11(9-12)14-17-13-7-4-8-16-15(13)18-14/h3-10H,1-2H3,(H,16,17,18). The molecule has 1 N–H and O–H groups in total. The van der Waals surface area contributed by atoms with Gasteiger partial charge in [0.2, 0.25) is 0 Å². The number of nitrogens with zero attached hydrogens (tertiary/aromatic N) is 2. The Morgan fingerprint density at radius 1 is 1.16 bits per heavy atom. The smallest absolute Gasteiger partial charge is 0.178 e. The molecule has 0 bridgehead atoms. The highest BCUT2D eigenvalue weighted by molar-refractivity contribution is 5.75. The Bertz CT molecular complexity index is 670. The molecule has 0 amide bonds. The van der Waals surface area contributed by atoms with Crippen LogP contribution in [0.15, 0.2) is 42.6 Å². The summed E-state index contributed by atoms with van der Waals surface area (Å²) in [4.78, 5) is 12.0. The number of fused-ring (bicyclic) bond motifs is 1. The van der Waals surface area contributed by atoms with E-state index in [-0.39, 0.29) is 6.10 Å². The van der Waals surface area contributed by atoms with Crippen molar-refractivity contribution in [1.29, 1.82) is 0 Å².